The van der Waals surface area contributed by atoms with Crippen LogP contribution in [-0.2, 0) is 6.54 Å². The molecule has 1 fully saturated rings. The number of piperidine rings is 1. The summed E-state index contributed by atoms with van der Waals surface area (Å²) in [6.45, 7) is 4.48. The molecular formula is C15H20N4. The van der Waals surface area contributed by atoms with E-state index in [0.717, 1.165) is 19.0 Å². The summed E-state index contributed by atoms with van der Waals surface area (Å²) in [7, 11) is 0. The fourth-order valence-corrected chi connectivity index (χ4v) is 2.81. The van der Waals surface area contributed by atoms with Gasteiger partial charge in [-0.2, -0.15) is 0 Å². The molecule has 0 atom stereocenters. The monoisotopic (exact) mass is 256 g/mol. The highest BCUT2D eigenvalue weighted by atomic mass is 15.2. The zero-order chi connectivity index (χ0) is 12.9. The SMILES string of the molecule is c1ccc(C2CCN(CCn3cnnc3)CC2)cc1. The number of nitrogens with zero attached hydrogens (tertiary/aromatic N) is 4. The summed E-state index contributed by atoms with van der Waals surface area (Å²) in [6, 6.07) is 10.9. The van der Waals surface area contributed by atoms with Gasteiger partial charge in [0.2, 0.25) is 0 Å². The van der Waals surface area contributed by atoms with Crippen LogP contribution in [0.5, 0.6) is 0 Å². The molecule has 2 aromatic rings. The predicted molar refractivity (Wildman–Crippen MR) is 74.9 cm³/mol. The maximum absolute atomic E-state index is 3.83. The van der Waals surface area contributed by atoms with Crippen LogP contribution in [-0.4, -0.2) is 39.3 Å². The third-order valence-electron chi connectivity index (χ3n) is 4.00. The molecule has 100 valence electrons. The minimum atomic E-state index is 0.743. The number of likely N-dealkylation sites (tertiary alicyclic amines) is 1. The second-order valence-electron chi connectivity index (χ2n) is 5.23. The first-order chi connectivity index (χ1) is 9.42. The van der Waals surface area contributed by atoms with Crippen LogP contribution < -0.4 is 0 Å². The van der Waals surface area contributed by atoms with E-state index in [-0.39, 0.29) is 0 Å². The fraction of sp³-hybridized carbons (Fsp3) is 0.467. The third kappa shape index (κ3) is 3.20. The first-order valence-electron chi connectivity index (χ1n) is 7.01. The van der Waals surface area contributed by atoms with Crippen LogP contribution in [0.4, 0.5) is 0 Å². The lowest BCUT2D eigenvalue weighted by Gasteiger charge is -2.32. The molecule has 1 saturated heterocycles. The lowest BCUT2D eigenvalue weighted by atomic mass is 9.89. The van der Waals surface area contributed by atoms with Gasteiger partial charge in [0.05, 0.1) is 0 Å². The van der Waals surface area contributed by atoms with Gasteiger partial charge in [-0.05, 0) is 37.4 Å². The molecule has 1 aliphatic rings. The van der Waals surface area contributed by atoms with E-state index in [1.807, 2.05) is 4.57 Å². The predicted octanol–water partition coefficient (Wildman–Crippen LogP) is 2.16. The topological polar surface area (TPSA) is 34.0 Å². The zero-order valence-corrected chi connectivity index (χ0v) is 11.2. The Bertz CT molecular complexity index is 472. The van der Waals surface area contributed by atoms with Crippen LogP contribution >= 0.6 is 0 Å². The van der Waals surface area contributed by atoms with Gasteiger partial charge in [0.1, 0.15) is 12.7 Å². The van der Waals surface area contributed by atoms with Crippen LogP contribution in [0.1, 0.15) is 24.3 Å². The van der Waals surface area contributed by atoms with Crippen molar-refractivity contribution in [1.29, 1.82) is 0 Å². The summed E-state index contributed by atoms with van der Waals surface area (Å²) in [6.07, 6.45) is 6.12. The molecule has 0 radical (unpaired) electrons. The Kier molecular flexibility index (Phi) is 3.89. The molecule has 0 amide bonds. The summed E-state index contributed by atoms with van der Waals surface area (Å²) in [4.78, 5) is 2.54. The second-order valence-corrected chi connectivity index (χ2v) is 5.23. The second kappa shape index (κ2) is 5.97. The van der Waals surface area contributed by atoms with Crippen LogP contribution in [0.2, 0.25) is 0 Å². The molecule has 1 aliphatic heterocycles. The molecule has 0 bridgehead atoms. The Morgan fingerprint density at radius 3 is 2.32 bits per heavy atom. The van der Waals surface area contributed by atoms with E-state index in [1.165, 1.54) is 31.5 Å². The summed E-state index contributed by atoms with van der Waals surface area (Å²) >= 11 is 0. The first kappa shape index (κ1) is 12.4. The summed E-state index contributed by atoms with van der Waals surface area (Å²) in [5, 5.41) is 7.66. The molecule has 0 N–H and O–H groups in total. The molecule has 0 aliphatic carbocycles. The van der Waals surface area contributed by atoms with Crippen molar-refractivity contribution in [1.82, 2.24) is 19.7 Å². The Morgan fingerprint density at radius 1 is 0.947 bits per heavy atom. The number of rotatable bonds is 4. The lowest BCUT2D eigenvalue weighted by molar-refractivity contribution is 0.205. The molecule has 1 aromatic heterocycles. The molecular weight excluding hydrogens is 236 g/mol. The largest absolute Gasteiger partial charge is 0.319 e. The molecule has 19 heavy (non-hydrogen) atoms. The van der Waals surface area contributed by atoms with E-state index in [1.54, 1.807) is 12.7 Å². The minimum absolute atomic E-state index is 0.743. The Hall–Kier alpha value is -1.68. The van der Waals surface area contributed by atoms with E-state index in [9.17, 15) is 0 Å². The average Bonchev–Trinajstić information content (AvgIpc) is 3.00. The van der Waals surface area contributed by atoms with Gasteiger partial charge >= 0.3 is 0 Å². The van der Waals surface area contributed by atoms with E-state index in [2.05, 4.69) is 45.4 Å². The van der Waals surface area contributed by atoms with Gasteiger partial charge in [0.15, 0.2) is 0 Å². The van der Waals surface area contributed by atoms with Gasteiger partial charge in [0.25, 0.3) is 0 Å². The standard InChI is InChI=1S/C15H20N4/c1-2-4-14(5-3-1)15-6-8-18(9-7-15)10-11-19-12-16-17-13-19/h1-5,12-13,15H,6-11H2. The Balaban J connectivity index is 1.47. The van der Waals surface area contributed by atoms with Crippen molar-refractivity contribution in [2.24, 2.45) is 0 Å². The summed E-state index contributed by atoms with van der Waals surface area (Å²) in [5.41, 5.74) is 1.50. The average molecular weight is 256 g/mol. The van der Waals surface area contributed by atoms with Gasteiger partial charge in [-0.25, -0.2) is 0 Å². The Morgan fingerprint density at radius 2 is 1.63 bits per heavy atom. The maximum atomic E-state index is 3.83. The van der Waals surface area contributed by atoms with Crippen molar-refractivity contribution in [3.8, 4) is 0 Å². The molecule has 4 heteroatoms. The first-order valence-corrected chi connectivity index (χ1v) is 7.01. The van der Waals surface area contributed by atoms with Crippen molar-refractivity contribution in [2.75, 3.05) is 19.6 Å². The van der Waals surface area contributed by atoms with Gasteiger partial charge < -0.3 is 9.47 Å². The van der Waals surface area contributed by atoms with Crippen molar-refractivity contribution in [3.05, 3.63) is 48.5 Å². The molecule has 1 aromatic carbocycles. The van der Waals surface area contributed by atoms with Gasteiger partial charge in [-0.15, -0.1) is 10.2 Å². The van der Waals surface area contributed by atoms with Gasteiger partial charge in [0, 0.05) is 13.1 Å². The highest BCUT2D eigenvalue weighted by molar-refractivity contribution is 5.19. The number of benzene rings is 1. The molecule has 4 nitrogen and oxygen atoms in total. The van der Waals surface area contributed by atoms with Gasteiger partial charge in [-0.1, -0.05) is 30.3 Å². The summed E-state index contributed by atoms with van der Waals surface area (Å²) in [5.74, 6) is 0.743. The molecule has 2 heterocycles. The third-order valence-corrected chi connectivity index (χ3v) is 4.00. The zero-order valence-electron chi connectivity index (χ0n) is 11.2. The van der Waals surface area contributed by atoms with Crippen molar-refractivity contribution in [2.45, 2.75) is 25.3 Å². The maximum Gasteiger partial charge on any atom is 0.119 e. The minimum Gasteiger partial charge on any atom is -0.319 e. The highest BCUT2D eigenvalue weighted by Gasteiger charge is 2.19. The van der Waals surface area contributed by atoms with Crippen LogP contribution in [0, 0.1) is 0 Å². The van der Waals surface area contributed by atoms with E-state index < -0.39 is 0 Å². The fourth-order valence-electron chi connectivity index (χ4n) is 2.81. The number of hydrogen-bond acceptors (Lipinski definition) is 3. The quantitative estimate of drug-likeness (QED) is 0.840. The molecule has 3 rings (SSSR count). The van der Waals surface area contributed by atoms with E-state index in [4.69, 9.17) is 0 Å². The van der Waals surface area contributed by atoms with Crippen molar-refractivity contribution in [3.63, 3.8) is 0 Å². The van der Waals surface area contributed by atoms with Crippen LogP contribution in [0.25, 0.3) is 0 Å². The molecule has 0 unspecified atom stereocenters. The van der Waals surface area contributed by atoms with Crippen LogP contribution in [0.3, 0.4) is 0 Å². The lowest BCUT2D eigenvalue weighted by Crippen LogP contribution is -2.35. The normalized spacial score (nSPS) is 17.7. The van der Waals surface area contributed by atoms with E-state index in [0.29, 0.717) is 0 Å². The van der Waals surface area contributed by atoms with Crippen LogP contribution in [0.15, 0.2) is 43.0 Å². The van der Waals surface area contributed by atoms with Gasteiger partial charge in [-0.3, -0.25) is 0 Å². The van der Waals surface area contributed by atoms with Crippen molar-refractivity contribution >= 4 is 0 Å². The smallest absolute Gasteiger partial charge is 0.119 e. The molecule has 0 saturated carbocycles. The summed E-state index contributed by atoms with van der Waals surface area (Å²) < 4.78 is 2.04. The number of hydrogen-bond donors (Lipinski definition) is 0. The Labute approximate surface area is 114 Å². The molecule has 0 spiro atoms. The highest BCUT2D eigenvalue weighted by Crippen LogP contribution is 2.27. The number of aromatic nitrogens is 3. The van der Waals surface area contributed by atoms with E-state index >= 15 is 0 Å². The van der Waals surface area contributed by atoms with Crippen molar-refractivity contribution < 1.29 is 0 Å².